The predicted molar refractivity (Wildman–Crippen MR) is 59.2 cm³/mol. The molecule has 0 aromatic heterocycles. The third-order valence-electron chi connectivity index (χ3n) is 2.85. The summed E-state index contributed by atoms with van der Waals surface area (Å²) in [5.41, 5.74) is 4.29. The van der Waals surface area contributed by atoms with Gasteiger partial charge in [-0.2, -0.15) is 13.2 Å². The molecule has 0 radical (unpaired) electrons. The first-order chi connectivity index (χ1) is 7.70. The molecule has 0 fully saturated rings. The minimum absolute atomic E-state index is 0.0130. The van der Waals surface area contributed by atoms with Crippen molar-refractivity contribution < 1.29 is 18.3 Å². The summed E-state index contributed by atoms with van der Waals surface area (Å²) in [7, 11) is 0. The van der Waals surface area contributed by atoms with Gasteiger partial charge in [0.05, 0.1) is 5.56 Å². The van der Waals surface area contributed by atoms with Crippen LogP contribution in [0.1, 0.15) is 31.0 Å². The van der Waals surface area contributed by atoms with Crippen molar-refractivity contribution in [2.24, 2.45) is 11.1 Å². The van der Waals surface area contributed by atoms with Gasteiger partial charge in [-0.05, 0) is 11.6 Å². The highest BCUT2D eigenvalue weighted by Crippen LogP contribution is 2.39. The number of alkyl halides is 3. The van der Waals surface area contributed by atoms with Crippen molar-refractivity contribution >= 4 is 0 Å². The molecule has 1 rings (SSSR count). The average molecular weight is 247 g/mol. The average Bonchev–Trinajstić information content (AvgIpc) is 2.27. The Balaban J connectivity index is 3.23. The summed E-state index contributed by atoms with van der Waals surface area (Å²) in [6.45, 7) is 2.98. The molecule has 0 saturated heterocycles. The van der Waals surface area contributed by atoms with Crippen LogP contribution >= 0.6 is 0 Å². The number of aliphatic hydroxyl groups excluding tert-OH is 1. The van der Waals surface area contributed by atoms with E-state index in [1.165, 1.54) is 18.2 Å². The monoisotopic (exact) mass is 247 g/mol. The lowest BCUT2D eigenvalue weighted by Crippen LogP contribution is -2.33. The van der Waals surface area contributed by atoms with E-state index in [1.54, 1.807) is 13.8 Å². The molecule has 96 valence electrons. The summed E-state index contributed by atoms with van der Waals surface area (Å²) < 4.78 is 38.3. The van der Waals surface area contributed by atoms with Gasteiger partial charge in [-0.3, -0.25) is 0 Å². The van der Waals surface area contributed by atoms with Gasteiger partial charge in [0.2, 0.25) is 0 Å². The van der Waals surface area contributed by atoms with E-state index >= 15 is 0 Å². The van der Waals surface area contributed by atoms with Crippen LogP contribution in [0, 0.1) is 5.41 Å². The van der Waals surface area contributed by atoms with Crippen molar-refractivity contribution in [3.05, 3.63) is 35.4 Å². The molecular weight excluding hydrogens is 231 g/mol. The van der Waals surface area contributed by atoms with Gasteiger partial charge in [0.25, 0.3) is 0 Å². The van der Waals surface area contributed by atoms with Gasteiger partial charge in [-0.25, -0.2) is 0 Å². The molecule has 17 heavy (non-hydrogen) atoms. The topological polar surface area (TPSA) is 46.2 Å². The van der Waals surface area contributed by atoms with Crippen molar-refractivity contribution in [3.8, 4) is 0 Å². The molecule has 0 unspecified atom stereocenters. The van der Waals surface area contributed by atoms with Gasteiger partial charge < -0.3 is 10.8 Å². The van der Waals surface area contributed by atoms with Crippen LogP contribution in [0.2, 0.25) is 0 Å². The van der Waals surface area contributed by atoms with Crippen LogP contribution < -0.4 is 5.73 Å². The third-order valence-corrected chi connectivity index (χ3v) is 2.85. The van der Waals surface area contributed by atoms with Crippen LogP contribution in [-0.2, 0) is 6.18 Å². The van der Waals surface area contributed by atoms with E-state index < -0.39 is 23.2 Å². The van der Waals surface area contributed by atoms with E-state index in [0.717, 1.165) is 6.07 Å². The highest BCUT2D eigenvalue weighted by Gasteiger charge is 2.37. The van der Waals surface area contributed by atoms with E-state index in [9.17, 15) is 13.2 Å². The van der Waals surface area contributed by atoms with Gasteiger partial charge in [-0.1, -0.05) is 32.0 Å². The minimum atomic E-state index is -4.43. The number of hydrogen-bond donors (Lipinski definition) is 2. The lowest BCUT2D eigenvalue weighted by atomic mass is 9.80. The highest BCUT2D eigenvalue weighted by molar-refractivity contribution is 5.33. The molecular formula is C12H16F3NO. The molecule has 0 spiro atoms. The fourth-order valence-electron chi connectivity index (χ4n) is 1.55. The predicted octanol–water partition coefficient (Wildman–Crippen LogP) is 2.72. The Bertz CT molecular complexity index is 388. The number of nitrogens with two attached hydrogens (primary N) is 1. The van der Waals surface area contributed by atoms with Crippen LogP contribution in [0.4, 0.5) is 13.2 Å². The van der Waals surface area contributed by atoms with Crippen LogP contribution in [0.3, 0.4) is 0 Å². The van der Waals surface area contributed by atoms with E-state index in [2.05, 4.69) is 0 Å². The number of rotatable bonds is 3. The molecule has 2 nitrogen and oxygen atoms in total. The normalized spacial score (nSPS) is 14.8. The molecule has 0 aliphatic rings. The minimum Gasteiger partial charge on any atom is -0.396 e. The maximum atomic E-state index is 12.8. The van der Waals surface area contributed by atoms with Gasteiger partial charge in [0.15, 0.2) is 0 Å². The molecule has 1 aromatic carbocycles. The maximum Gasteiger partial charge on any atom is 0.416 e. The Hall–Kier alpha value is -1.07. The smallest absolute Gasteiger partial charge is 0.396 e. The van der Waals surface area contributed by atoms with Gasteiger partial charge >= 0.3 is 6.18 Å². The Labute approximate surface area is 98.3 Å². The molecule has 5 heteroatoms. The van der Waals surface area contributed by atoms with Gasteiger partial charge in [-0.15, -0.1) is 0 Å². The van der Waals surface area contributed by atoms with Crippen molar-refractivity contribution in [3.63, 3.8) is 0 Å². The zero-order valence-corrected chi connectivity index (χ0v) is 9.75. The third kappa shape index (κ3) is 2.98. The SMILES string of the molecule is CC(C)(CO)[C@H](N)c1ccccc1C(F)(F)F. The molecule has 3 N–H and O–H groups in total. The Morgan fingerprint density at radius 3 is 2.24 bits per heavy atom. The zero-order chi connectivity index (χ0) is 13.3. The first-order valence-electron chi connectivity index (χ1n) is 5.22. The second-order valence-electron chi connectivity index (χ2n) is 4.71. The maximum absolute atomic E-state index is 12.8. The summed E-state index contributed by atoms with van der Waals surface area (Å²) >= 11 is 0. The highest BCUT2D eigenvalue weighted by atomic mass is 19.4. The van der Waals surface area contributed by atoms with E-state index in [4.69, 9.17) is 10.8 Å². The fraction of sp³-hybridized carbons (Fsp3) is 0.500. The molecule has 0 amide bonds. The molecule has 0 aliphatic heterocycles. The van der Waals surface area contributed by atoms with Crippen LogP contribution in [0.25, 0.3) is 0 Å². The molecule has 0 aliphatic carbocycles. The van der Waals surface area contributed by atoms with Crippen LogP contribution in [0.15, 0.2) is 24.3 Å². The summed E-state index contributed by atoms with van der Waals surface area (Å²) in [4.78, 5) is 0. The standard InChI is InChI=1S/C12H16F3NO/c1-11(2,7-17)10(16)8-5-3-4-6-9(8)12(13,14)15/h3-6,10,17H,7,16H2,1-2H3/t10-/m1/s1. The van der Waals surface area contributed by atoms with E-state index in [1.807, 2.05) is 0 Å². The Morgan fingerprint density at radius 2 is 1.76 bits per heavy atom. The first-order valence-corrected chi connectivity index (χ1v) is 5.22. The number of benzene rings is 1. The molecule has 0 heterocycles. The largest absolute Gasteiger partial charge is 0.416 e. The summed E-state index contributed by atoms with van der Waals surface area (Å²) in [6.07, 6.45) is -4.43. The lowest BCUT2D eigenvalue weighted by Gasteiger charge is -2.31. The summed E-state index contributed by atoms with van der Waals surface area (Å²) in [5, 5.41) is 9.16. The number of halogens is 3. The lowest BCUT2D eigenvalue weighted by molar-refractivity contribution is -0.138. The second kappa shape index (κ2) is 4.66. The molecule has 0 saturated carbocycles. The zero-order valence-electron chi connectivity index (χ0n) is 9.75. The van der Waals surface area contributed by atoms with E-state index in [0.29, 0.717) is 0 Å². The molecule has 0 bridgehead atoms. The first kappa shape index (κ1) is 14.0. The summed E-state index contributed by atoms with van der Waals surface area (Å²) in [6, 6.07) is 4.32. The summed E-state index contributed by atoms with van der Waals surface area (Å²) in [5.74, 6) is 0. The van der Waals surface area contributed by atoms with Crippen molar-refractivity contribution in [2.45, 2.75) is 26.1 Å². The van der Waals surface area contributed by atoms with Crippen molar-refractivity contribution in [2.75, 3.05) is 6.61 Å². The molecule has 1 aromatic rings. The van der Waals surface area contributed by atoms with Crippen LogP contribution in [0.5, 0.6) is 0 Å². The second-order valence-corrected chi connectivity index (χ2v) is 4.71. The fourth-order valence-corrected chi connectivity index (χ4v) is 1.55. The Morgan fingerprint density at radius 1 is 1.24 bits per heavy atom. The Kier molecular flexibility index (Phi) is 3.84. The molecule has 1 atom stereocenters. The van der Waals surface area contributed by atoms with E-state index in [-0.39, 0.29) is 12.2 Å². The van der Waals surface area contributed by atoms with Crippen molar-refractivity contribution in [1.29, 1.82) is 0 Å². The van der Waals surface area contributed by atoms with Crippen LogP contribution in [-0.4, -0.2) is 11.7 Å². The quantitative estimate of drug-likeness (QED) is 0.862. The number of hydrogen-bond acceptors (Lipinski definition) is 2. The van der Waals surface area contributed by atoms with Gasteiger partial charge in [0.1, 0.15) is 0 Å². The number of aliphatic hydroxyl groups is 1. The van der Waals surface area contributed by atoms with Crippen molar-refractivity contribution in [1.82, 2.24) is 0 Å². The van der Waals surface area contributed by atoms with Gasteiger partial charge in [0, 0.05) is 18.1 Å².